The number of hydrogen-bond acceptors (Lipinski definition) is 9. The first-order valence-corrected chi connectivity index (χ1v) is 11.8. The summed E-state index contributed by atoms with van der Waals surface area (Å²) in [6, 6.07) is 5.23. The Hall–Kier alpha value is -3.94. The Labute approximate surface area is 206 Å². The average Bonchev–Trinajstić information content (AvgIpc) is 3.50. The molecule has 12 nitrogen and oxygen atoms in total. The molecular formula is C23H20N4O8S. The predicted molar refractivity (Wildman–Crippen MR) is 125 cm³/mol. The number of nitro groups is 1. The number of amides is 1. The number of carbonyl (C=O) groups is 3. The number of fused-ring (bicyclic) bond motifs is 2. The number of aliphatic carboxylic acids is 1. The van der Waals surface area contributed by atoms with Crippen molar-refractivity contribution in [2.24, 2.45) is 11.8 Å². The first-order valence-electron chi connectivity index (χ1n) is 11.0. The zero-order valence-electron chi connectivity index (χ0n) is 18.8. The van der Waals surface area contributed by atoms with Gasteiger partial charge in [-0.2, -0.15) is 0 Å². The third kappa shape index (κ3) is 3.43. The van der Waals surface area contributed by atoms with Crippen molar-refractivity contribution < 1.29 is 34.6 Å². The Morgan fingerprint density at radius 2 is 1.97 bits per heavy atom. The lowest BCUT2D eigenvalue weighted by Crippen LogP contribution is -2.64. The summed E-state index contributed by atoms with van der Waals surface area (Å²) in [5.74, 6) is -3.77. The molecule has 4 atom stereocenters. The van der Waals surface area contributed by atoms with Gasteiger partial charge in [-0.3, -0.25) is 24.1 Å². The standard InChI is InChI=1S/C23H20N4O8S/c1-10(29)16-19-13(6-11-2-4-12(5-3-11)27(34)35)17(20(23(32)33)26(19)21(16)31)14-8-36-22-18(15(30)7-28)24-9-25(14)22/h2-5,8-10,13,16,19,28-29H,6-7H2,1H3,(H,32,33)/t10-,13?,16-,19-/m1/s1. The Kier molecular flexibility index (Phi) is 5.70. The summed E-state index contributed by atoms with van der Waals surface area (Å²) in [6.45, 7) is 0.749. The van der Waals surface area contributed by atoms with Crippen LogP contribution in [0.5, 0.6) is 0 Å². The lowest BCUT2D eigenvalue weighted by Gasteiger charge is -2.47. The number of aromatic nitrogens is 2. The van der Waals surface area contributed by atoms with E-state index in [9.17, 15) is 39.8 Å². The topological polar surface area (TPSA) is 176 Å². The van der Waals surface area contributed by atoms with E-state index in [1.54, 1.807) is 21.9 Å². The number of nitro benzene ring substituents is 1. The van der Waals surface area contributed by atoms with Gasteiger partial charge in [0.1, 0.15) is 29.2 Å². The number of ketones is 1. The van der Waals surface area contributed by atoms with Crippen LogP contribution < -0.4 is 0 Å². The smallest absolute Gasteiger partial charge is 0.352 e. The van der Waals surface area contributed by atoms with Crippen LogP contribution in [0.2, 0.25) is 0 Å². The number of benzene rings is 1. The second-order valence-electron chi connectivity index (χ2n) is 8.74. The third-order valence-corrected chi connectivity index (χ3v) is 7.70. The molecule has 3 N–H and O–H groups in total. The van der Waals surface area contributed by atoms with Gasteiger partial charge >= 0.3 is 5.97 Å². The van der Waals surface area contributed by atoms with E-state index in [1.165, 1.54) is 30.3 Å². The normalized spacial score (nSPS) is 22.0. The highest BCUT2D eigenvalue weighted by atomic mass is 32.1. The maximum Gasteiger partial charge on any atom is 0.352 e. The molecule has 36 heavy (non-hydrogen) atoms. The maximum absolute atomic E-state index is 12.9. The lowest BCUT2D eigenvalue weighted by molar-refractivity contribution is -0.384. The van der Waals surface area contributed by atoms with Crippen LogP contribution in [-0.2, 0) is 16.0 Å². The van der Waals surface area contributed by atoms with Crippen molar-refractivity contribution in [2.45, 2.75) is 25.5 Å². The monoisotopic (exact) mass is 512 g/mol. The van der Waals surface area contributed by atoms with E-state index in [2.05, 4.69) is 4.98 Å². The molecule has 3 aromatic rings. The Morgan fingerprint density at radius 3 is 2.56 bits per heavy atom. The zero-order valence-corrected chi connectivity index (χ0v) is 19.6. The van der Waals surface area contributed by atoms with Crippen molar-refractivity contribution in [2.75, 3.05) is 6.61 Å². The summed E-state index contributed by atoms with van der Waals surface area (Å²) >= 11 is 1.15. The summed E-state index contributed by atoms with van der Waals surface area (Å²) in [7, 11) is 0. The van der Waals surface area contributed by atoms with Gasteiger partial charge in [0, 0.05) is 29.0 Å². The predicted octanol–water partition coefficient (Wildman–Crippen LogP) is 1.35. The van der Waals surface area contributed by atoms with E-state index in [-0.39, 0.29) is 23.5 Å². The van der Waals surface area contributed by atoms with Crippen molar-refractivity contribution in [3.05, 3.63) is 68.7 Å². The van der Waals surface area contributed by atoms with Crippen molar-refractivity contribution in [3.8, 4) is 0 Å². The highest BCUT2D eigenvalue weighted by molar-refractivity contribution is 7.16. The van der Waals surface area contributed by atoms with E-state index in [1.807, 2.05) is 0 Å². The number of imidazole rings is 1. The first kappa shape index (κ1) is 23.8. The highest BCUT2D eigenvalue weighted by Gasteiger charge is 2.61. The number of carboxylic acids is 1. The number of β-lactam (4-membered cyclic amide) rings is 1. The number of carboxylic acid groups (broad SMARTS) is 1. The zero-order chi connectivity index (χ0) is 25.9. The van der Waals surface area contributed by atoms with Crippen molar-refractivity contribution in [3.63, 3.8) is 0 Å². The number of nitrogens with zero attached hydrogens (tertiary/aromatic N) is 4. The second-order valence-corrected chi connectivity index (χ2v) is 9.60. The van der Waals surface area contributed by atoms with Gasteiger partial charge in [0.15, 0.2) is 0 Å². The fraction of sp³-hybridized carbons (Fsp3) is 0.304. The minimum Gasteiger partial charge on any atom is -0.477 e. The van der Waals surface area contributed by atoms with Gasteiger partial charge in [-0.25, -0.2) is 9.78 Å². The molecule has 1 saturated heterocycles. The van der Waals surface area contributed by atoms with Crippen molar-refractivity contribution >= 4 is 45.1 Å². The maximum atomic E-state index is 12.9. The Balaban J connectivity index is 1.66. The number of rotatable bonds is 8. The van der Waals surface area contributed by atoms with Crippen LogP contribution in [0.1, 0.15) is 28.7 Å². The van der Waals surface area contributed by atoms with Gasteiger partial charge in [-0.05, 0) is 18.9 Å². The number of aliphatic hydroxyl groups excluding tert-OH is 2. The van der Waals surface area contributed by atoms with Crippen LogP contribution in [0.15, 0.2) is 41.7 Å². The number of non-ortho nitro benzene ring substituents is 1. The largest absolute Gasteiger partial charge is 0.477 e. The van der Waals surface area contributed by atoms with Gasteiger partial charge in [-0.15, -0.1) is 11.3 Å². The summed E-state index contributed by atoms with van der Waals surface area (Å²) in [5, 5.41) is 42.4. The number of Topliss-reactive ketones (excluding diaryl/α,β-unsaturated/α-hetero) is 1. The molecule has 5 rings (SSSR count). The van der Waals surface area contributed by atoms with E-state index in [4.69, 9.17) is 0 Å². The quantitative estimate of drug-likeness (QED) is 0.174. The molecule has 0 spiro atoms. The van der Waals surface area contributed by atoms with Gasteiger partial charge in [0.2, 0.25) is 11.7 Å². The SMILES string of the molecule is C[C@@H](O)[C@H]1C(=O)N2C(C(=O)O)=C(c3csc4c(C(=O)CO)ncn34)C(Cc3ccc([N+](=O)[O-])cc3)[C@H]12. The Morgan fingerprint density at radius 1 is 1.28 bits per heavy atom. The molecule has 186 valence electrons. The molecule has 0 radical (unpaired) electrons. The minimum absolute atomic E-state index is 0.0531. The number of aliphatic hydroxyl groups is 2. The third-order valence-electron chi connectivity index (χ3n) is 6.74. The van der Waals surface area contributed by atoms with Crippen LogP contribution in [0.3, 0.4) is 0 Å². The van der Waals surface area contributed by atoms with E-state index in [0.717, 1.165) is 11.3 Å². The molecule has 1 aromatic carbocycles. The van der Waals surface area contributed by atoms with E-state index >= 15 is 0 Å². The van der Waals surface area contributed by atoms with E-state index in [0.29, 0.717) is 21.7 Å². The molecule has 0 bridgehead atoms. The molecule has 2 aliphatic heterocycles. The average molecular weight is 513 g/mol. The van der Waals surface area contributed by atoms with Crippen LogP contribution in [0.4, 0.5) is 5.69 Å². The van der Waals surface area contributed by atoms with E-state index < -0.39 is 53.2 Å². The summed E-state index contributed by atoms with van der Waals surface area (Å²) in [6.07, 6.45) is 0.594. The molecule has 1 unspecified atom stereocenters. The van der Waals surface area contributed by atoms with Crippen LogP contribution in [0.25, 0.3) is 10.4 Å². The summed E-state index contributed by atoms with van der Waals surface area (Å²) in [5.41, 5.74) is 1.21. The highest BCUT2D eigenvalue weighted by Crippen LogP contribution is 2.52. The molecule has 1 fully saturated rings. The number of thiazole rings is 1. The van der Waals surface area contributed by atoms with Crippen molar-refractivity contribution in [1.82, 2.24) is 14.3 Å². The number of hydrogen-bond donors (Lipinski definition) is 3. The van der Waals surface area contributed by atoms with Crippen LogP contribution in [-0.4, -0.2) is 70.9 Å². The lowest BCUT2D eigenvalue weighted by atomic mass is 9.74. The van der Waals surface area contributed by atoms with Crippen LogP contribution in [0, 0.1) is 22.0 Å². The molecule has 4 heterocycles. The molecule has 2 aromatic heterocycles. The minimum atomic E-state index is -1.32. The first-order chi connectivity index (χ1) is 17.1. The van der Waals surface area contributed by atoms with Gasteiger partial charge in [-0.1, -0.05) is 12.1 Å². The molecule has 1 amide bonds. The van der Waals surface area contributed by atoms with Gasteiger partial charge in [0.25, 0.3) is 5.69 Å². The summed E-state index contributed by atoms with van der Waals surface area (Å²) in [4.78, 5) is 53.7. The van der Waals surface area contributed by atoms with Gasteiger partial charge in [0.05, 0.1) is 28.7 Å². The fourth-order valence-corrected chi connectivity index (χ4v) is 6.20. The summed E-state index contributed by atoms with van der Waals surface area (Å²) < 4.78 is 1.56. The molecule has 0 saturated carbocycles. The molecule has 0 aliphatic carbocycles. The Bertz CT molecular complexity index is 1450. The van der Waals surface area contributed by atoms with Crippen LogP contribution >= 0.6 is 11.3 Å². The molecule has 2 aliphatic rings. The van der Waals surface area contributed by atoms with Gasteiger partial charge < -0.3 is 20.2 Å². The fourth-order valence-electron chi connectivity index (χ4n) is 5.20. The molecular weight excluding hydrogens is 492 g/mol. The second kappa shape index (κ2) is 8.62. The number of carbonyl (C=O) groups excluding carboxylic acids is 2. The molecule has 13 heteroatoms. The van der Waals surface area contributed by atoms with Crippen molar-refractivity contribution in [1.29, 1.82) is 0 Å².